The minimum atomic E-state index is -0.245. The number of para-hydroxylation sites is 2. The summed E-state index contributed by atoms with van der Waals surface area (Å²) in [6.45, 7) is 8.77. The van der Waals surface area contributed by atoms with Crippen molar-refractivity contribution in [3.8, 4) is 0 Å². The molecule has 3 aromatic carbocycles. The molecule has 3 aromatic rings. The normalized spacial score (nSPS) is 22.2. The van der Waals surface area contributed by atoms with Gasteiger partial charge in [-0.25, -0.2) is 0 Å². The molecule has 0 spiro atoms. The summed E-state index contributed by atoms with van der Waals surface area (Å²) in [5, 5.41) is 7.30. The van der Waals surface area contributed by atoms with Crippen molar-refractivity contribution in [2.75, 3.05) is 10.6 Å². The Morgan fingerprint density at radius 3 is 2.12 bits per heavy atom. The van der Waals surface area contributed by atoms with Crippen molar-refractivity contribution >= 4 is 17.2 Å². The highest BCUT2D eigenvalue weighted by Crippen LogP contribution is 2.44. The number of carbonyl (C=O) groups is 1. The van der Waals surface area contributed by atoms with Crippen LogP contribution in [-0.2, 0) is 10.2 Å². The maximum absolute atomic E-state index is 13.7. The van der Waals surface area contributed by atoms with Gasteiger partial charge in [-0.2, -0.15) is 0 Å². The first-order valence-electron chi connectivity index (χ1n) is 11.8. The van der Waals surface area contributed by atoms with Gasteiger partial charge in [0.15, 0.2) is 0 Å². The van der Waals surface area contributed by atoms with Crippen molar-refractivity contribution in [3.05, 3.63) is 107 Å². The van der Waals surface area contributed by atoms with Gasteiger partial charge < -0.3 is 10.6 Å². The van der Waals surface area contributed by atoms with Crippen molar-refractivity contribution in [1.29, 1.82) is 0 Å². The van der Waals surface area contributed by atoms with E-state index in [0.29, 0.717) is 6.42 Å². The van der Waals surface area contributed by atoms with Gasteiger partial charge >= 0.3 is 0 Å². The Kier molecular flexibility index (Phi) is 5.36. The number of fused-ring (bicyclic) bond motifs is 2. The summed E-state index contributed by atoms with van der Waals surface area (Å²) in [6, 6.07) is 25.4. The molecule has 5 rings (SSSR count). The van der Waals surface area contributed by atoms with E-state index in [2.05, 4.69) is 105 Å². The minimum Gasteiger partial charge on any atom is -0.375 e. The van der Waals surface area contributed by atoms with Gasteiger partial charge in [0.05, 0.1) is 23.3 Å². The molecule has 0 aromatic heterocycles. The van der Waals surface area contributed by atoms with E-state index in [-0.39, 0.29) is 29.1 Å². The number of allylic oxidation sites excluding steroid dienone is 1. The molecule has 0 bridgehead atoms. The average molecular weight is 437 g/mol. The van der Waals surface area contributed by atoms with Crippen LogP contribution in [0, 0.1) is 12.8 Å². The SMILES string of the molecule is Cc1ccc([C@@H]2Nc3ccccc3NC3=C[C@H](c4ccc(C(C)(C)C)cc4)CC(=O)[C@@H]32)cc1. The Bertz CT molecular complexity index is 1200. The number of nitrogens with one attached hydrogen (secondary N) is 2. The van der Waals surface area contributed by atoms with Crippen LogP contribution >= 0.6 is 0 Å². The highest BCUT2D eigenvalue weighted by Gasteiger charge is 2.39. The Labute approximate surface area is 196 Å². The number of carbonyl (C=O) groups excluding carboxylic acids is 1. The lowest BCUT2D eigenvalue weighted by Crippen LogP contribution is -2.33. The first kappa shape index (κ1) is 21.5. The molecule has 2 aliphatic rings. The fraction of sp³-hybridized carbons (Fsp3) is 0.300. The highest BCUT2D eigenvalue weighted by atomic mass is 16.1. The van der Waals surface area contributed by atoms with Crippen LogP contribution in [0.5, 0.6) is 0 Å². The van der Waals surface area contributed by atoms with Crippen molar-refractivity contribution in [3.63, 3.8) is 0 Å². The molecular weight excluding hydrogens is 404 g/mol. The summed E-state index contributed by atoms with van der Waals surface area (Å²) in [4.78, 5) is 13.7. The number of anilines is 2. The highest BCUT2D eigenvalue weighted by molar-refractivity contribution is 5.90. The fourth-order valence-electron chi connectivity index (χ4n) is 5.00. The molecule has 0 fully saturated rings. The Morgan fingerprint density at radius 1 is 0.818 bits per heavy atom. The summed E-state index contributed by atoms with van der Waals surface area (Å²) in [6.07, 6.45) is 2.80. The molecule has 168 valence electrons. The largest absolute Gasteiger partial charge is 0.375 e. The van der Waals surface area contributed by atoms with Crippen LogP contribution in [0.15, 0.2) is 84.6 Å². The van der Waals surface area contributed by atoms with E-state index in [1.807, 2.05) is 12.1 Å². The van der Waals surface area contributed by atoms with Gasteiger partial charge in [-0.15, -0.1) is 0 Å². The molecule has 1 heterocycles. The third-order valence-corrected chi connectivity index (χ3v) is 6.98. The smallest absolute Gasteiger partial charge is 0.145 e. The summed E-state index contributed by atoms with van der Waals surface area (Å²) in [7, 11) is 0. The third kappa shape index (κ3) is 4.20. The van der Waals surface area contributed by atoms with Crippen molar-refractivity contribution in [1.82, 2.24) is 0 Å². The van der Waals surface area contributed by atoms with Crippen LogP contribution in [0.1, 0.15) is 61.4 Å². The molecule has 0 amide bonds. The molecular formula is C30H32N2O. The Morgan fingerprint density at radius 2 is 1.45 bits per heavy atom. The number of hydrogen-bond donors (Lipinski definition) is 2. The number of ketones is 1. The van der Waals surface area contributed by atoms with Crippen LogP contribution < -0.4 is 10.6 Å². The first-order chi connectivity index (χ1) is 15.8. The molecule has 2 N–H and O–H groups in total. The molecule has 0 saturated carbocycles. The maximum atomic E-state index is 13.7. The van der Waals surface area contributed by atoms with E-state index >= 15 is 0 Å². The van der Waals surface area contributed by atoms with E-state index in [1.54, 1.807) is 0 Å². The van der Waals surface area contributed by atoms with Crippen molar-refractivity contribution in [2.24, 2.45) is 5.92 Å². The Balaban J connectivity index is 1.56. The number of Topliss-reactive ketones (excluding diaryl/α,β-unsaturated/α-hetero) is 1. The maximum Gasteiger partial charge on any atom is 0.145 e. The van der Waals surface area contributed by atoms with Gasteiger partial charge in [-0.05, 0) is 41.2 Å². The summed E-state index contributed by atoms with van der Waals surface area (Å²) in [5.74, 6) is 0.107. The van der Waals surface area contributed by atoms with E-state index in [4.69, 9.17) is 0 Å². The molecule has 3 heteroatoms. The second kappa shape index (κ2) is 8.22. The number of rotatable bonds is 2. The van der Waals surface area contributed by atoms with Gasteiger partial charge in [0.2, 0.25) is 0 Å². The lowest BCUT2D eigenvalue weighted by molar-refractivity contribution is -0.122. The van der Waals surface area contributed by atoms with Gasteiger partial charge in [0.25, 0.3) is 0 Å². The predicted octanol–water partition coefficient (Wildman–Crippen LogP) is 7.13. The monoisotopic (exact) mass is 436 g/mol. The van der Waals surface area contributed by atoms with Gasteiger partial charge in [0.1, 0.15) is 5.78 Å². The molecule has 1 aliphatic heterocycles. The van der Waals surface area contributed by atoms with Crippen LogP contribution in [-0.4, -0.2) is 5.78 Å². The predicted molar refractivity (Wildman–Crippen MR) is 137 cm³/mol. The van der Waals surface area contributed by atoms with Crippen molar-refractivity contribution < 1.29 is 4.79 Å². The fourth-order valence-corrected chi connectivity index (χ4v) is 5.00. The molecule has 33 heavy (non-hydrogen) atoms. The topological polar surface area (TPSA) is 41.1 Å². The zero-order chi connectivity index (χ0) is 23.2. The molecule has 3 atom stereocenters. The quantitative estimate of drug-likeness (QED) is 0.449. The zero-order valence-electron chi connectivity index (χ0n) is 19.9. The van der Waals surface area contributed by atoms with Gasteiger partial charge in [-0.1, -0.05) is 93.1 Å². The molecule has 0 unspecified atom stereocenters. The molecule has 0 radical (unpaired) electrons. The van der Waals surface area contributed by atoms with Crippen LogP contribution in [0.4, 0.5) is 11.4 Å². The van der Waals surface area contributed by atoms with Crippen LogP contribution in [0.25, 0.3) is 0 Å². The van der Waals surface area contributed by atoms with E-state index in [9.17, 15) is 4.79 Å². The van der Waals surface area contributed by atoms with Crippen molar-refractivity contribution in [2.45, 2.75) is 51.5 Å². The van der Waals surface area contributed by atoms with E-state index < -0.39 is 0 Å². The Hall–Kier alpha value is -3.33. The van der Waals surface area contributed by atoms with Gasteiger partial charge in [-0.3, -0.25) is 4.79 Å². The average Bonchev–Trinajstić information content (AvgIpc) is 2.96. The first-order valence-corrected chi connectivity index (χ1v) is 11.8. The van der Waals surface area contributed by atoms with Crippen LogP contribution in [0.3, 0.4) is 0 Å². The second-order valence-corrected chi connectivity index (χ2v) is 10.5. The lowest BCUT2D eigenvalue weighted by atomic mass is 9.76. The summed E-state index contributed by atoms with van der Waals surface area (Å²) < 4.78 is 0. The summed E-state index contributed by atoms with van der Waals surface area (Å²) in [5.41, 5.74) is 8.01. The second-order valence-electron chi connectivity index (χ2n) is 10.5. The number of hydrogen-bond acceptors (Lipinski definition) is 3. The summed E-state index contributed by atoms with van der Waals surface area (Å²) >= 11 is 0. The standard InChI is InChI=1S/C30H32N2O/c1-19-9-11-21(12-10-19)29-28-26(31-24-7-5-6-8-25(24)32-29)17-22(18-27(28)33)20-13-15-23(16-14-20)30(2,3)4/h5-17,22,28-29,31-32H,18H2,1-4H3/t22-,28+,29-/m0/s1. The number of benzene rings is 3. The lowest BCUT2D eigenvalue weighted by Gasteiger charge is -2.32. The van der Waals surface area contributed by atoms with E-state index in [0.717, 1.165) is 22.6 Å². The molecule has 0 saturated heterocycles. The molecule has 3 nitrogen and oxygen atoms in total. The van der Waals surface area contributed by atoms with Gasteiger partial charge in [0, 0.05) is 18.0 Å². The molecule has 1 aliphatic carbocycles. The third-order valence-electron chi connectivity index (χ3n) is 6.98. The zero-order valence-corrected chi connectivity index (χ0v) is 19.9. The van der Waals surface area contributed by atoms with E-state index in [1.165, 1.54) is 16.7 Å². The van der Waals surface area contributed by atoms with Crippen LogP contribution in [0.2, 0.25) is 0 Å². The number of aryl methyl sites for hydroxylation is 1. The minimum absolute atomic E-state index is 0.0780.